The summed E-state index contributed by atoms with van der Waals surface area (Å²) in [5.41, 5.74) is 3.77. The first-order valence-corrected chi connectivity index (χ1v) is 11.8. The van der Waals surface area contributed by atoms with Crippen LogP contribution in [0.25, 0.3) is 22.2 Å². The van der Waals surface area contributed by atoms with Gasteiger partial charge in [-0.15, -0.1) is 0 Å². The molecule has 0 saturated carbocycles. The fourth-order valence-electron chi connectivity index (χ4n) is 3.94. The molecule has 3 heterocycles. The number of anilines is 1. The third kappa shape index (κ3) is 4.56. The first-order valence-electron chi connectivity index (χ1n) is 10.7. The third-order valence-electron chi connectivity index (χ3n) is 5.58. The van der Waals surface area contributed by atoms with E-state index in [1.807, 2.05) is 44.4 Å². The molecule has 0 spiro atoms. The number of pyridine rings is 1. The van der Waals surface area contributed by atoms with Crippen LogP contribution in [0.4, 0.5) is 10.2 Å². The van der Waals surface area contributed by atoms with E-state index in [0.29, 0.717) is 43.0 Å². The number of benzene rings is 2. The molecule has 0 aliphatic heterocycles. The van der Waals surface area contributed by atoms with Crippen LogP contribution in [0.1, 0.15) is 21.6 Å². The summed E-state index contributed by atoms with van der Waals surface area (Å²) in [5, 5.41) is 12.7. The Morgan fingerprint density at radius 1 is 1.14 bits per heavy atom. The topological polar surface area (TPSA) is 77.6 Å². The maximum absolute atomic E-state index is 14.2. The molecule has 7 nitrogen and oxygen atoms in total. The van der Waals surface area contributed by atoms with Crippen molar-refractivity contribution in [2.45, 2.75) is 13.5 Å². The number of amides is 1. The van der Waals surface area contributed by atoms with Crippen LogP contribution < -0.4 is 5.32 Å². The second kappa shape index (κ2) is 9.24. The number of carbonyl (C=O) groups is 1. The molecule has 0 radical (unpaired) electrons. The first-order chi connectivity index (χ1) is 16.8. The highest BCUT2D eigenvalue weighted by Crippen LogP contribution is 2.29. The van der Waals surface area contributed by atoms with Gasteiger partial charge in [-0.3, -0.25) is 14.2 Å². The number of carbonyl (C=O) groups excluding carboxylic acids is 1. The zero-order chi connectivity index (χ0) is 24.7. The van der Waals surface area contributed by atoms with Gasteiger partial charge in [-0.2, -0.15) is 10.2 Å². The number of aromatic nitrogens is 5. The van der Waals surface area contributed by atoms with Gasteiger partial charge >= 0.3 is 0 Å². The van der Waals surface area contributed by atoms with Crippen molar-refractivity contribution in [2.24, 2.45) is 7.05 Å². The molecule has 10 heteroatoms. The Hall–Kier alpha value is -3.56. The lowest BCUT2D eigenvalue weighted by atomic mass is 10.0. The van der Waals surface area contributed by atoms with Gasteiger partial charge in [0.15, 0.2) is 5.82 Å². The minimum Gasteiger partial charge on any atom is -0.304 e. The van der Waals surface area contributed by atoms with E-state index in [2.05, 4.69) is 31.4 Å². The first kappa shape index (κ1) is 23.2. The molecular weight excluding hydrogens is 535 g/mol. The number of aryl methyl sites for hydroxylation is 2. The van der Waals surface area contributed by atoms with Gasteiger partial charge in [0.1, 0.15) is 5.82 Å². The summed E-state index contributed by atoms with van der Waals surface area (Å²) in [6, 6.07) is 13.7. The maximum Gasteiger partial charge on any atom is 0.257 e. The number of para-hydroxylation sites is 1. The summed E-state index contributed by atoms with van der Waals surface area (Å²) in [6.07, 6.45) is 3.54. The van der Waals surface area contributed by atoms with Crippen molar-refractivity contribution in [3.8, 4) is 11.3 Å². The van der Waals surface area contributed by atoms with Gasteiger partial charge in [0, 0.05) is 41.0 Å². The van der Waals surface area contributed by atoms with Gasteiger partial charge in [-0.05, 0) is 47.1 Å². The number of nitrogens with one attached hydrogen (secondary N) is 1. The Bertz CT molecular complexity index is 1570. The number of halogens is 3. The molecule has 5 aromatic rings. The summed E-state index contributed by atoms with van der Waals surface area (Å²) >= 11 is 9.58. The molecule has 0 bridgehead atoms. The minimum atomic E-state index is -0.420. The van der Waals surface area contributed by atoms with E-state index in [4.69, 9.17) is 16.6 Å². The van der Waals surface area contributed by atoms with E-state index in [-0.39, 0.29) is 12.5 Å². The molecule has 1 N–H and O–H groups in total. The molecular formula is C25H19BrClFN6O. The lowest BCUT2D eigenvalue weighted by molar-refractivity contribution is 0.102. The predicted octanol–water partition coefficient (Wildman–Crippen LogP) is 6.00. The SMILES string of the molecule is Cc1nn(C)cc1-c1cc(C(=O)Nc2nn(Cc3c(F)cccc3Cl)cc2Br)c2ccccc2n1. The Morgan fingerprint density at radius 2 is 1.94 bits per heavy atom. The number of hydrogen-bond donors (Lipinski definition) is 1. The van der Waals surface area contributed by atoms with E-state index in [0.717, 1.165) is 11.3 Å². The standard InChI is InChI=1S/C25H19BrClFN6O/c1-14-17(11-33(2)31-14)23-10-16(15-6-3-4-9-22(15)29-23)25(35)30-24-19(26)13-34(32-24)12-18-20(27)7-5-8-21(18)28/h3-11,13H,12H2,1-2H3,(H,30,32,35). The molecule has 176 valence electrons. The molecule has 5 rings (SSSR count). The smallest absolute Gasteiger partial charge is 0.257 e. The van der Waals surface area contributed by atoms with E-state index in [1.54, 1.807) is 29.1 Å². The molecule has 0 aliphatic rings. The van der Waals surface area contributed by atoms with Crippen molar-refractivity contribution >= 4 is 50.2 Å². The monoisotopic (exact) mass is 552 g/mol. The van der Waals surface area contributed by atoms with Crippen LogP contribution in [0.2, 0.25) is 5.02 Å². The van der Waals surface area contributed by atoms with Crippen LogP contribution in [0.3, 0.4) is 0 Å². The summed E-state index contributed by atoms with van der Waals surface area (Å²) in [7, 11) is 1.84. The van der Waals surface area contributed by atoms with Crippen molar-refractivity contribution in [3.05, 3.63) is 93.1 Å². The average Bonchev–Trinajstić information content (AvgIpc) is 3.35. The van der Waals surface area contributed by atoms with Crippen molar-refractivity contribution in [3.63, 3.8) is 0 Å². The van der Waals surface area contributed by atoms with Gasteiger partial charge in [0.25, 0.3) is 5.91 Å². The quantitative estimate of drug-likeness (QED) is 0.290. The molecule has 0 atom stereocenters. The van der Waals surface area contributed by atoms with Gasteiger partial charge < -0.3 is 5.32 Å². The fraction of sp³-hybridized carbons (Fsp3) is 0.120. The molecule has 0 unspecified atom stereocenters. The van der Waals surface area contributed by atoms with Gasteiger partial charge in [-0.25, -0.2) is 9.37 Å². The normalized spacial score (nSPS) is 11.2. The summed E-state index contributed by atoms with van der Waals surface area (Å²) < 4.78 is 18.0. The number of rotatable bonds is 5. The van der Waals surface area contributed by atoms with Gasteiger partial charge in [-0.1, -0.05) is 35.9 Å². The minimum absolute atomic E-state index is 0.114. The van der Waals surface area contributed by atoms with Crippen LogP contribution in [-0.2, 0) is 13.6 Å². The van der Waals surface area contributed by atoms with Crippen molar-refractivity contribution in [1.82, 2.24) is 24.5 Å². The highest BCUT2D eigenvalue weighted by atomic mass is 79.9. The van der Waals surface area contributed by atoms with Crippen LogP contribution >= 0.6 is 27.5 Å². The van der Waals surface area contributed by atoms with Gasteiger partial charge in [0.2, 0.25) is 0 Å². The second-order valence-electron chi connectivity index (χ2n) is 8.05. The molecule has 0 aliphatic carbocycles. The Morgan fingerprint density at radius 3 is 2.69 bits per heavy atom. The largest absolute Gasteiger partial charge is 0.304 e. The van der Waals surface area contributed by atoms with Gasteiger partial charge in [0.05, 0.1) is 33.5 Å². The summed E-state index contributed by atoms with van der Waals surface area (Å²) in [5.74, 6) is -0.458. The van der Waals surface area contributed by atoms with E-state index in [9.17, 15) is 9.18 Å². The Labute approximate surface area is 213 Å². The van der Waals surface area contributed by atoms with Crippen LogP contribution in [0.15, 0.2) is 65.4 Å². The second-order valence-corrected chi connectivity index (χ2v) is 9.31. The number of fused-ring (bicyclic) bond motifs is 1. The third-order valence-corrected chi connectivity index (χ3v) is 6.52. The van der Waals surface area contributed by atoms with E-state index >= 15 is 0 Å². The Kier molecular flexibility index (Phi) is 6.12. The van der Waals surface area contributed by atoms with Crippen LogP contribution in [-0.4, -0.2) is 30.5 Å². The maximum atomic E-state index is 14.2. The zero-order valence-electron chi connectivity index (χ0n) is 18.8. The zero-order valence-corrected chi connectivity index (χ0v) is 21.1. The number of nitrogens with zero attached hydrogens (tertiary/aromatic N) is 5. The molecule has 0 saturated heterocycles. The summed E-state index contributed by atoms with van der Waals surface area (Å²) in [4.78, 5) is 18.2. The van der Waals surface area contributed by atoms with E-state index in [1.165, 1.54) is 10.7 Å². The molecule has 3 aromatic heterocycles. The van der Waals surface area contributed by atoms with Crippen molar-refractivity contribution in [1.29, 1.82) is 0 Å². The van der Waals surface area contributed by atoms with Crippen molar-refractivity contribution in [2.75, 3.05) is 5.32 Å². The average molecular weight is 554 g/mol. The highest BCUT2D eigenvalue weighted by molar-refractivity contribution is 9.10. The van der Waals surface area contributed by atoms with Crippen LogP contribution in [0, 0.1) is 12.7 Å². The molecule has 35 heavy (non-hydrogen) atoms. The van der Waals surface area contributed by atoms with Crippen molar-refractivity contribution < 1.29 is 9.18 Å². The highest BCUT2D eigenvalue weighted by Gasteiger charge is 2.19. The number of hydrogen-bond acceptors (Lipinski definition) is 4. The Balaban J connectivity index is 1.49. The fourth-order valence-corrected chi connectivity index (χ4v) is 4.57. The van der Waals surface area contributed by atoms with Crippen LogP contribution in [0.5, 0.6) is 0 Å². The lowest BCUT2D eigenvalue weighted by Gasteiger charge is -2.10. The van der Waals surface area contributed by atoms with E-state index < -0.39 is 5.82 Å². The predicted molar refractivity (Wildman–Crippen MR) is 137 cm³/mol. The summed E-state index contributed by atoms with van der Waals surface area (Å²) in [6.45, 7) is 2.01. The molecule has 2 aromatic carbocycles. The molecule has 1 amide bonds. The molecule has 0 fully saturated rings. The lowest BCUT2D eigenvalue weighted by Crippen LogP contribution is -2.14.